The van der Waals surface area contributed by atoms with Crippen LogP contribution in [-0.2, 0) is 16.6 Å². The van der Waals surface area contributed by atoms with Gasteiger partial charge in [-0.05, 0) is 59.2 Å². The van der Waals surface area contributed by atoms with Crippen LogP contribution in [0, 0.1) is 0 Å². The first kappa shape index (κ1) is 22.7. The number of amides is 1. The van der Waals surface area contributed by atoms with E-state index in [-0.39, 0.29) is 17.3 Å². The van der Waals surface area contributed by atoms with Crippen molar-refractivity contribution >= 4 is 33.2 Å². The molecule has 1 amide bonds. The number of benzene rings is 4. The van der Waals surface area contributed by atoms with Crippen LogP contribution in [-0.4, -0.2) is 14.3 Å². The maximum atomic E-state index is 12.6. The lowest BCUT2D eigenvalue weighted by atomic mass is 10.0. The van der Waals surface area contributed by atoms with Crippen LogP contribution in [0.25, 0.3) is 11.1 Å². The molecule has 0 aliphatic rings. The second-order valence-corrected chi connectivity index (χ2v) is 9.58. The fourth-order valence-electron chi connectivity index (χ4n) is 3.29. The van der Waals surface area contributed by atoms with E-state index < -0.39 is 10.0 Å². The van der Waals surface area contributed by atoms with Gasteiger partial charge in [0, 0.05) is 22.8 Å². The molecule has 0 atom stereocenters. The lowest BCUT2D eigenvalue weighted by molar-refractivity contribution is 0.102. The van der Waals surface area contributed by atoms with E-state index in [2.05, 4.69) is 10.0 Å². The highest BCUT2D eigenvalue weighted by atomic mass is 35.5. The molecule has 5 nitrogen and oxygen atoms in total. The summed E-state index contributed by atoms with van der Waals surface area (Å²) in [5.41, 5.74) is 3.57. The third-order valence-electron chi connectivity index (χ3n) is 5.01. The number of rotatable bonds is 7. The maximum Gasteiger partial charge on any atom is 0.255 e. The number of anilines is 1. The number of halogens is 1. The molecule has 0 fully saturated rings. The van der Waals surface area contributed by atoms with E-state index in [9.17, 15) is 13.2 Å². The van der Waals surface area contributed by atoms with Crippen molar-refractivity contribution in [2.24, 2.45) is 0 Å². The first-order chi connectivity index (χ1) is 15.9. The van der Waals surface area contributed by atoms with Gasteiger partial charge < -0.3 is 5.32 Å². The third-order valence-corrected chi connectivity index (χ3v) is 6.67. The Morgan fingerprint density at radius 3 is 2.21 bits per heavy atom. The number of hydrogen-bond acceptors (Lipinski definition) is 3. The minimum Gasteiger partial charge on any atom is -0.322 e. The van der Waals surface area contributed by atoms with Crippen LogP contribution in [0.2, 0.25) is 5.02 Å². The summed E-state index contributed by atoms with van der Waals surface area (Å²) in [5.74, 6) is -0.261. The van der Waals surface area contributed by atoms with Gasteiger partial charge in [-0.2, -0.15) is 0 Å². The van der Waals surface area contributed by atoms with E-state index >= 15 is 0 Å². The molecular formula is C26H21ClN2O3S. The van der Waals surface area contributed by atoms with Crippen LogP contribution < -0.4 is 10.0 Å². The standard InChI is InChI=1S/C26H21ClN2O3S/c27-23-10-5-11-24(17-23)29-26(30)22-9-4-8-21(16-22)20-12-14-25(15-13-20)33(31,32)28-18-19-6-2-1-3-7-19/h1-17,28H,18H2,(H,29,30). The molecule has 0 bridgehead atoms. The Bertz CT molecular complexity index is 1370. The molecule has 4 aromatic carbocycles. The molecule has 7 heteroatoms. The maximum absolute atomic E-state index is 12.6. The van der Waals surface area contributed by atoms with Gasteiger partial charge in [0.2, 0.25) is 10.0 Å². The summed E-state index contributed by atoms with van der Waals surface area (Å²) in [6.45, 7) is 0.217. The second-order valence-electron chi connectivity index (χ2n) is 7.38. The molecule has 166 valence electrons. The summed E-state index contributed by atoms with van der Waals surface area (Å²) in [7, 11) is -3.64. The van der Waals surface area contributed by atoms with E-state index in [0.29, 0.717) is 16.3 Å². The number of sulfonamides is 1. The van der Waals surface area contributed by atoms with Gasteiger partial charge in [-0.3, -0.25) is 4.79 Å². The Hall–Kier alpha value is -3.45. The minimum atomic E-state index is -3.64. The van der Waals surface area contributed by atoms with E-state index in [1.165, 1.54) is 0 Å². The van der Waals surface area contributed by atoms with Crippen LogP contribution in [0.5, 0.6) is 0 Å². The zero-order chi connectivity index (χ0) is 23.3. The average molecular weight is 477 g/mol. The zero-order valence-corrected chi connectivity index (χ0v) is 19.1. The van der Waals surface area contributed by atoms with E-state index in [0.717, 1.165) is 16.7 Å². The van der Waals surface area contributed by atoms with Crippen molar-refractivity contribution in [3.8, 4) is 11.1 Å². The van der Waals surface area contributed by atoms with Crippen LogP contribution in [0.1, 0.15) is 15.9 Å². The topological polar surface area (TPSA) is 75.3 Å². The Balaban J connectivity index is 1.48. The van der Waals surface area contributed by atoms with Crippen LogP contribution >= 0.6 is 11.6 Å². The first-order valence-electron chi connectivity index (χ1n) is 10.2. The van der Waals surface area contributed by atoms with Crippen molar-refractivity contribution in [3.63, 3.8) is 0 Å². The molecule has 0 heterocycles. The van der Waals surface area contributed by atoms with Gasteiger partial charge in [0.05, 0.1) is 4.90 Å². The van der Waals surface area contributed by atoms with Gasteiger partial charge >= 0.3 is 0 Å². The molecule has 0 radical (unpaired) electrons. The zero-order valence-electron chi connectivity index (χ0n) is 17.5. The van der Waals surface area contributed by atoms with Crippen molar-refractivity contribution in [2.45, 2.75) is 11.4 Å². The Morgan fingerprint density at radius 1 is 0.758 bits per heavy atom. The number of carbonyl (C=O) groups is 1. The van der Waals surface area contributed by atoms with E-state index in [1.807, 2.05) is 36.4 Å². The van der Waals surface area contributed by atoms with Crippen LogP contribution in [0.4, 0.5) is 5.69 Å². The summed E-state index contributed by atoms with van der Waals surface area (Å²) in [4.78, 5) is 12.8. The molecular weight excluding hydrogens is 456 g/mol. The number of nitrogens with one attached hydrogen (secondary N) is 2. The SMILES string of the molecule is O=C(Nc1cccc(Cl)c1)c1cccc(-c2ccc(S(=O)(=O)NCc3ccccc3)cc2)c1. The van der Waals surface area contributed by atoms with E-state index in [1.54, 1.807) is 66.7 Å². The predicted octanol–water partition coefficient (Wildman–Crippen LogP) is 5.74. The monoisotopic (exact) mass is 476 g/mol. The molecule has 2 N–H and O–H groups in total. The lowest BCUT2D eigenvalue weighted by Crippen LogP contribution is -2.23. The molecule has 33 heavy (non-hydrogen) atoms. The van der Waals surface area contributed by atoms with Gasteiger partial charge in [0.25, 0.3) is 5.91 Å². The lowest BCUT2D eigenvalue weighted by Gasteiger charge is -2.09. The first-order valence-corrected chi connectivity index (χ1v) is 12.1. The summed E-state index contributed by atoms with van der Waals surface area (Å²) in [6, 6.07) is 30.0. The van der Waals surface area contributed by atoms with Crippen molar-refractivity contribution in [3.05, 3.63) is 119 Å². The highest BCUT2D eigenvalue weighted by molar-refractivity contribution is 7.89. The van der Waals surface area contributed by atoms with Crippen molar-refractivity contribution in [1.29, 1.82) is 0 Å². The molecule has 4 aromatic rings. The van der Waals surface area contributed by atoms with Gasteiger partial charge in [-0.15, -0.1) is 0 Å². The van der Waals surface area contributed by atoms with Gasteiger partial charge in [-0.25, -0.2) is 13.1 Å². The highest BCUT2D eigenvalue weighted by Crippen LogP contribution is 2.23. The Kier molecular flexibility index (Phi) is 6.89. The number of hydrogen-bond donors (Lipinski definition) is 2. The van der Waals surface area contributed by atoms with Crippen molar-refractivity contribution in [1.82, 2.24) is 4.72 Å². The summed E-state index contributed by atoms with van der Waals surface area (Å²) < 4.78 is 27.9. The summed E-state index contributed by atoms with van der Waals surface area (Å²) in [5, 5.41) is 3.36. The largest absolute Gasteiger partial charge is 0.322 e. The van der Waals surface area contributed by atoms with Gasteiger partial charge in [0.15, 0.2) is 0 Å². The van der Waals surface area contributed by atoms with Gasteiger partial charge in [-0.1, -0.05) is 72.3 Å². The minimum absolute atomic E-state index is 0.178. The Morgan fingerprint density at radius 2 is 1.48 bits per heavy atom. The van der Waals surface area contributed by atoms with Crippen molar-refractivity contribution < 1.29 is 13.2 Å². The smallest absolute Gasteiger partial charge is 0.255 e. The average Bonchev–Trinajstić information content (AvgIpc) is 2.84. The fraction of sp³-hybridized carbons (Fsp3) is 0.0385. The van der Waals surface area contributed by atoms with Crippen molar-refractivity contribution in [2.75, 3.05) is 5.32 Å². The van der Waals surface area contributed by atoms with Gasteiger partial charge in [0.1, 0.15) is 0 Å². The van der Waals surface area contributed by atoms with E-state index in [4.69, 9.17) is 11.6 Å². The fourth-order valence-corrected chi connectivity index (χ4v) is 4.50. The summed E-state index contributed by atoms with van der Waals surface area (Å²) >= 11 is 5.98. The molecule has 0 unspecified atom stereocenters. The number of carbonyl (C=O) groups excluding carboxylic acids is 1. The molecule has 0 aliphatic heterocycles. The predicted molar refractivity (Wildman–Crippen MR) is 132 cm³/mol. The molecule has 4 rings (SSSR count). The Labute approximate surface area is 198 Å². The molecule has 0 saturated heterocycles. The normalized spacial score (nSPS) is 11.2. The van der Waals surface area contributed by atoms with Crippen LogP contribution in [0.15, 0.2) is 108 Å². The second kappa shape index (κ2) is 10.0. The third kappa shape index (κ3) is 5.87. The molecule has 0 spiro atoms. The molecule has 0 aliphatic carbocycles. The highest BCUT2D eigenvalue weighted by Gasteiger charge is 2.14. The molecule has 0 aromatic heterocycles. The summed E-state index contributed by atoms with van der Waals surface area (Å²) in [6.07, 6.45) is 0. The quantitative estimate of drug-likeness (QED) is 0.357. The molecule has 0 saturated carbocycles. The van der Waals surface area contributed by atoms with Crippen LogP contribution in [0.3, 0.4) is 0 Å².